The van der Waals surface area contributed by atoms with Crippen LogP contribution in [0.25, 0.3) is 0 Å². The molecule has 0 spiro atoms. The summed E-state index contributed by atoms with van der Waals surface area (Å²) in [6.07, 6.45) is -0.180. The zero-order chi connectivity index (χ0) is 15.5. The first-order chi connectivity index (χ1) is 9.11. The van der Waals surface area contributed by atoms with Crippen molar-refractivity contribution in [2.75, 3.05) is 0 Å². The zero-order valence-corrected chi connectivity index (χ0v) is 12.0. The second-order valence-electron chi connectivity index (χ2n) is 5.67. The number of carbonyl (C=O) groups excluding carboxylic acids is 1. The molecule has 1 amide bonds. The van der Waals surface area contributed by atoms with Crippen molar-refractivity contribution >= 4 is 11.9 Å². The average Bonchev–Trinajstić information content (AvgIpc) is 2.30. The number of aryl methyl sites for hydroxylation is 1. The van der Waals surface area contributed by atoms with Gasteiger partial charge in [0.2, 0.25) is 0 Å². The Morgan fingerprint density at radius 3 is 2.45 bits per heavy atom. The van der Waals surface area contributed by atoms with E-state index in [0.29, 0.717) is 0 Å². The highest BCUT2D eigenvalue weighted by Crippen LogP contribution is 2.22. The van der Waals surface area contributed by atoms with E-state index in [1.165, 1.54) is 19.2 Å². The van der Waals surface area contributed by atoms with Crippen LogP contribution in [0.3, 0.4) is 0 Å². The maximum Gasteiger partial charge on any atom is 0.305 e. The van der Waals surface area contributed by atoms with Gasteiger partial charge in [-0.25, -0.2) is 4.68 Å². The molecule has 0 aliphatic heterocycles. The molecular weight excluding hydrogens is 262 g/mol. The van der Waals surface area contributed by atoms with Crippen LogP contribution >= 0.6 is 0 Å². The van der Waals surface area contributed by atoms with E-state index in [-0.39, 0.29) is 17.7 Å². The van der Waals surface area contributed by atoms with Crippen LogP contribution in [0.2, 0.25) is 0 Å². The van der Waals surface area contributed by atoms with Gasteiger partial charge in [0.1, 0.15) is 5.69 Å². The molecule has 1 rings (SSSR count). The highest BCUT2D eigenvalue weighted by atomic mass is 16.4. The van der Waals surface area contributed by atoms with Gasteiger partial charge < -0.3 is 10.4 Å². The third-order valence-electron chi connectivity index (χ3n) is 2.92. The number of hydrogen-bond donors (Lipinski definition) is 2. The Labute approximate surface area is 116 Å². The summed E-state index contributed by atoms with van der Waals surface area (Å²) < 4.78 is 1.05. The lowest BCUT2D eigenvalue weighted by molar-refractivity contribution is -0.138. The summed E-state index contributed by atoms with van der Waals surface area (Å²) in [5.41, 5.74) is -0.652. The molecule has 1 aromatic rings. The molecular formula is C13H19N3O4. The predicted octanol–water partition coefficient (Wildman–Crippen LogP) is 0.399. The quantitative estimate of drug-likeness (QED) is 0.831. The SMILES string of the molecule is Cn1nc(C(=O)NC(CC(=O)O)C(C)(C)C)ccc1=O. The highest BCUT2D eigenvalue weighted by molar-refractivity contribution is 5.92. The van der Waals surface area contributed by atoms with Gasteiger partial charge in [-0.2, -0.15) is 5.10 Å². The smallest absolute Gasteiger partial charge is 0.305 e. The third kappa shape index (κ3) is 4.18. The van der Waals surface area contributed by atoms with E-state index in [0.717, 1.165) is 4.68 Å². The maximum atomic E-state index is 12.1. The van der Waals surface area contributed by atoms with Crippen molar-refractivity contribution in [2.24, 2.45) is 12.5 Å². The van der Waals surface area contributed by atoms with Crippen LogP contribution < -0.4 is 10.9 Å². The van der Waals surface area contributed by atoms with Crippen molar-refractivity contribution in [3.05, 3.63) is 28.2 Å². The molecule has 1 aromatic heterocycles. The lowest BCUT2D eigenvalue weighted by atomic mass is 9.84. The van der Waals surface area contributed by atoms with Gasteiger partial charge in [0.05, 0.1) is 6.42 Å². The molecule has 2 N–H and O–H groups in total. The number of aromatic nitrogens is 2. The van der Waals surface area contributed by atoms with Crippen molar-refractivity contribution in [1.82, 2.24) is 15.1 Å². The number of nitrogens with one attached hydrogen (secondary N) is 1. The molecule has 110 valence electrons. The molecule has 7 nitrogen and oxygen atoms in total. The monoisotopic (exact) mass is 281 g/mol. The third-order valence-corrected chi connectivity index (χ3v) is 2.92. The van der Waals surface area contributed by atoms with Gasteiger partial charge in [-0.05, 0) is 11.5 Å². The molecule has 0 saturated heterocycles. The van der Waals surface area contributed by atoms with E-state index < -0.39 is 23.3 Å². The minimum absolute atomic E-state index is 0.0757. The molecule has 1 heterocycles. The minimum atomic E-state index is -0.987. The molecule has 0 radical (unpaired) electrons. The first kappa shape index (κ1) is 15.9. The molecule has 20 heavy (non-hydrogen) atoms. The van der Waals surface area contributed by atoms with Crippen molar-refractivity contribution in [1.29, 1.82) is 0 Å². The lowest BCUT2D eigenvalue weighted by Crippen LogP contribution is -2.45. The number of hydrogen-bond acceptors (Lipinski definition) is 4. The maximum absolute atomic E-state index is 12.1. The molecule has 1 unspecified atom stereocenters. The molecule has 0 aromatic carbocycles. The lowest BCUT2D eigenvalue weighted by Gasteiger charge is -2.30. The Bertz CT molecular complexity index is 572. The highest BCUT2D eigenvalue weighted by Gasteiger charge is 2.29. The summed E-state index contributed by atoms with van der Waals surface area (Å²) in [5, 5.41) is 15.4. The Hall–Kier alpha value is -2.18. The second-order valence-corrected chi connectivity index (χ2v) is 5.67. The first-order valence-corrected chi connectivity index (χ1v) is 6.18. The number of carboxylic acid groups (broad SMARTS) is 1. The summed E-state index contributed by atoms with van der Waals surface area (Å²) in [5.74, 6) is -1.49. The fourth-order valence-corrected chi connectivity index (χ4v) is 1.60. The van der Waals surface area contributed by atoms with Gasteiger partial charge in [0, 0.05) is 19.2 Å². The van der Waals surface area contributed by atoms with E-state index in [9.17, 15) is 14.4 Å². The summed E-state index contributed by atoms with van der Waals surface area (Å²) >= 11 is 0. The summed E-state index contributed by atoms with van der Waals surface area (Å²) in [6, 6.07) is 2.02. The molecule has 1 atom stereocenters. The van der Waals surface area contributed by atoms with Crippen molar-refractivity contribution in [2.45, 2.75) is 33.2 Å². The molecule has 0 aliphatic carbocycles. The van der Waals surface area contributed by atoms with Crippen LogP contribution in [0.15, 0.2) is 16.9 Å². The Kier molecular flexibility index (Phi) is 4.65. The van der Waals surface area contributed by atoms with E-state index in [1.807, 2.05) is 20.8 Å². The number of amides is 1. The Balaban J connectivity index is 2.93. The van der Waals surface area contributed by atoms with E-state index >= 15 is 0 Å². The topological polar surface area (TPSA) is 101 Å². The minimum Gasteiger partial charge on any atom is -0.481 e. The van der Waals surface area contributed by atoms with Crippen molar-refractivity contribution in [3.63, 3.8) is 0 Å². The molecule has 7 heteroatoms. The van der Waals surface area contributed by atoms with E-state index in [4.69, 9.17) is 5.11 Å². The Morgan fingerprint density at radius 2 is 2.00 bits per heavy atom. The molecule has 0 saturated carbocycles. The summed E-state index contributed by atoms with van der Waals surface area (Å²) in [7, 11) is 1.44. The summed E-state index contributed by atoms with van der Waals surface area (Å²) in [4.78, 5) is 34.1. The first-order valence-electron chi connectivity index (χ1n) is 6.18. The largest absolute Gasteiger partial charge is 0.481 e. The van der Waals surface area contributed by atoms with Crippen molar-refractivity contribution < 1.29 is 14.7 Å². The van der Waals surface area contributed by atoms with E-state index in [1.54, 1.807) is 0 Å². The fraction of sp³-hybridized carbons (Fsp3) is 0.538. The van der Waals surface area contributed by atoms with Gasteiger partial charge in [0.25, 0.3) is 11.5 Å². The standard InChI is InChI=1S/C13H19N3O4/c1-13(2,3)9(7-11(18)19)14-12(20)8-5-6-10(17)16(4)15-8/h5-6,9H,7H2,1-4H3,(H,14,20)(H,18,19). The summed E-state index contributed by atoms with van der Waals surface area (Å²) in [6.45, 7) is 5.53. The van der Waals surface area contributed by atoms with Crippen LogP contribution in [0.4, 0.5) is 0 Å². The van der Waals surface area contributed by atoms with Crippen LogP contribution in [0.1, 0.15) is 37.7 Å². The number of rotatable bonds is 4. The normalized spacial score (nSPS) is 12.8. The molecule has 0 aliphatic rings. The van der Waals surface area contributed by atoms with E-state index in [2.05, 4.69) is 10.4 Å². The number of aliphatic carboxylic acids is 1. The van der Waals surface area contributed by atoms with Crippen LogP contribution in [0.5, 0.6) is 0 Å². The van der Waals surface area contributed by atoms with Crippen molar-refractivity contribution in [3.8, 4) is 0 Å². The number of carbonyl (C=O) groups is 2. The van der Waals surface area contributed by atoms with Gasteiger partial charge in [-0.15, -0.1) is 0 Å². The van der Waals surface area contributed by atoms with Crippen LogP contribution in [-0.4, -0.2) is 32.8 Å². The molecule has 0 bridgehead atoms. The zero-order valence-electron chi connectivity index (χ0n) is 12.0. The Morgan fingerprint density at radius 1 is 1.40 bits per heavy atom. The van der Waals surface area contributed by atoms with Gasteiger partial charge in [0.15, 0.2) is 0 Å². The predicted molar refractivity (Wildman–Crippen MR) is 72.4 cm³/mol. The number of nitrogens with zero attached hydrogens (tertiary/aromatic N) is 2. The fourth-order valence-electron chi connectivity index (χ4n) is 1.60. The van der Waals surface area contributed by atoms with Gasteiger partial charge in [-0.3, -0.25) is 14.4 Å². The molecule has 0 fully saturated rings. The average molecular weight is 281 g/mol. The van der Waals surface area contributed by atoms with Gasteiger partial charge >= 0.3 is 5.97 Å². The van der Waals surface area contributed by atoms with Crippen LogP contribution in [0, 0.1) is 5.41 Å². The van der Waals surface area contributed by atoms with Crippen LogP contribution in [-0.2, 0) is 11.8 Å². The van der Waals surface area contributed by atoms with Gasteiger partial charge in [-0.1, -0.05) is 20.8 Å². The second kappa shape index (κ2) is 5.85. The number of carboxylic acids is 1.